The standard InChI is InChI=1S/C16H24N2OS/c1-12(14-7-5-4-6-8-14)18-10-9-15(11-18)17-16(19)13(2)20-3/h4-8,12-13,15H,9-11H2,1-3H3,(H,17,19)/t12-,13+,15-/m0/s1. The number of amides is 1. The van der Waals surface area contributed by atoms with Crippen molar-refractivity contribution in [2.45, 2.75) is 37.6 Å². The molecule has 4 heteroatoms. The van der Waals surface area contributed by atoms with Crippen LogP contribution >= 0.6 is 11.8 Å². The fraction of sp³-hybridized carbons (Fsp3) is 0.562. The Hall–Kier alpha value is -1.00. The Morgan fingerprint density at radius 1 is 1.35 bits per heavy atom. The van der Waals surface area contributed by atoms with Gasteiger partial charge in [-0.1, -0.05) is 30.3 Å². The first-order valence-electron chi connectivity index (χ1n) is 7.24. The van der Waals surface area contributed by atoms with Crippen molar-refractivity contribution < 1.29 is 4.79 Å². The first-order valence-corrected chi connectivity index (χ1v) is 8.52. The summed E-state index contributed by atoms with van der Waals surface area (Å²) in [6, 6.07) is 11.3. The summed E-state index contributed by atoms with van der Waals surface area (Å²) < 4.78 is 0. The predicted octanol–water partition coefficient (Wildman–Crippen LogP) is 2.69. The van der Waals surface area contributed by atoms with Crippen LogP contribution in [0, 0.1) is 0 Å². The van der Waals surface area contributed by atoms with Gasteiger partial charge >= 0.3 is 0 Å². The molecule has 1 aliphatic rings. The Morgan fingerprint density at radius 3 is 2.70 bits per heavy atom. The van der Waals surface area contributed by atoms with E-state index in [4.69, 9.17) is 0 Å². The van der Waals surface area contributed by atoms with Gasteiger partial charge in [0.15, 0.2) is 0 Å². The average molecular weight is 292 g/mol. The van der Waals surface area contributed by atoms with Gasteiger partial charge in [0.1, 0.15) is 0 Å². The van der Waals surface area contributed by atoms with E-state index < -0.39 is 0 Å². The van der Waals surface area contributed by atoms with Crippen LogP contribution in [0.2, 0.25) is 0 Å². The summed E-state index contributed by atoms with van der Waals surface area (Å²) in [7, 11) is 0. The van der Waals surface area contributed by atoms with Gasteiger partial charge in [-0.3, -0.25) is 9.69 Å². The number of nitrogens with one attached hydrogen (secondary N) is 1. The molecule has 1 aromatic carbocycles. The molecule has 0 saturated carbocycles. The summed E-state index contributed by atoms with van der Waals surface area (Å²) in [6.45, 7) is 6.20. The monoisotopic (exact) mass is 292 g/mol. The van der Waals surface area contributed by atoms with Crippen LogP contribution < -0.4 is 5.32 Å². The quantitative estimate of drug-likeness (QED) is 0.905. The minimum Gasteiger partial charge on any atom is -0.351 e. The Labute approximate surface area is 126 Å². The zero-order chi connectivity index (χ0) is 14.5. The van der Waals surface area contributed by atoms with E-state index in [-0.39, 0.29) is 11.2 Å². The van der Waals surface area contributed by atoms with Crippen LogP contribution in [0.4, 0.5) is 0 Å². The molecule has 0 bridgehead atoms. The van der Waals surface area contributed by atoms with Crippen LogP contribution in [-0.4, -0.2) is 41.4 Å². The van der Waals surface area contributed by atoms with Crippen molar-refractivity contribution >= 4 is 17.7 Å². The maximum absolute atomic E-state index is 11.9. The molecule has 3 nitrogen and oxygen atoms in total. The highest BCUT2D eigenvalue weighted by molar-refractivity contribution is 7.99. The van der Waals surface area contributed by atoms with E-state index in [2.05, 4.69) is 41.4 Å². The maximum Gasteiger partial charge on any atom is 0.233 e. The Morgan fingerprint density at radius 2 is 2.05 bits per heavy atom. The highest BCUT2D eigenvalue weighted by Gasteiger charge is 2.28. The molecule has 1 N–H and O–H groups in total. The summed E-state index contributed by atoms with van der Waals surface area (Å²) in [5, 5.41) is 3.20. The van der Waals surface area contributed by atoms with Gasteiger partial charge in [0.25, 0.3) is 0 Å². The lowest BCUT2D eigenvalue weighted by molar-refractivity contribution is -0.120. The van der Waals surface area contributed by atoms with Crippen molar-refractivity contribution in [1.29, 1.82) is 0 Å². The molecule has 1 aromatic rings. The van der Waals surface area contributed by atoms with Crippen LogP contribution in [0.3, 0.4) is 0 Å². The number of thioether (sulfide) groups is 1. The fourth-order valence-electron chi connectivity index (χ4n) is 2.62. The van der Waals surface area contributed by atoms with Gasteiger partial charge in [0, 0.05) is 25.2 Å². The van der Waals surface area contributed by atoms with Gasteiger partial charge in [0.2, 0.25) is 5.91 Å². The SMILES string of the molecule is CS[C@H](C)C(=O)N[C@H]1CCN([C@@H](C)c2ccccc2)C1. The lowest BCUT2D eigenvalue weighted by Crippen LogP contribution is -2.41. The highest BCUT2D eigenvalue weighted by atomic mass is 32.2. The summed E-state index contributed by atoms with van der Waals surface area (Å²) in [6.07, 6.45) is 3.02. The summed E-state index contributed by atoms with van der Waals surface area (Å²) in [4.78, 5) is 14.4. The highest BCUT2D eigenvalue weighted by Crippen LogP contribution is 2.24. The zero-order valence-corrected chi connectivity index (χ0v) is 13.3. The summed E-state index contributed by atoms with van der Waals surface area (Å²) in [5.74, 6) is 0.164. The maximum atomic E-state index is 11.9. The molecule has 1 aliphatic heterocycles. The van der Waals surface area contributed by atoms with Crippen LogP contribution in [0.1, 0.15) is 31.9 Å². The first-order chi connectivity index (χ1) is 9.61. The van der Waals surface area contributed by atoms with E-state index in [0.29, 0.717) is 12.1 Å². The molecule has 110 valence electrons. The Balaban J connectivity index is 1.88. The van der Waals surface area contributed by atoms with E-state index in [1.807, 2.05) is 19.2 Å². The molecular formula is C16H24N2OS. The van der Waals surface area contributed by atoms with Crippen LogP contribution in [-0.2, 0) is 4.79 Å². The van der Waals surface area contributed by atoms with E-state index in [0.717, 1.165) is 19.5 Å². The van der Waals surface area contributed by atoms with Crippen LogP contribution in [0.25, 0.3) is 0 Å². The van der Waals surface area contributed by atoms with Gasteiger partial charge in [-0.05, 0) is 32.1 Å². The molecule has 3 atom stereocenters. The van der Waals surface area contributed by atoms with E-state index >= 15 is 0 Å². The molecule has 0 radical (unpaired) electrons. The second kappa shape index (κ2) is 7.14. The van der Waals surface area contributed by atoms with Crippen LogP contribution in [0.15, 0.2) is 30.3 Å². The molecule has 1 saturated heterocycles. The molecule has 2 rings (SSSR count). The number of benzene rings is 1. The van der Waals surface area contributed by atoms with E-state index in [1.54, 1.807) is 11.8 Å². The van der Waals surface area contributed by atoms with Crippen molar-refractivity contribution in [3.05, 3.63) is 35.9 Å². The number of hydrogen-bond donors (Lipinski definition) is 1. The Bertz CT molecular complexity index is 437. The van der Waals surface area contributed by atoms with Gasteiger partial charge in [-0.15, -0.1) is 0 Å². The van der Waals surface area contributed by atoms with Gasteiger partial charge in [-0.25, -0.2) is 0 Å². The molecule has 1 amide bonds. The third-order valence-electron chi connectivity index (χ3n) is 4.12. The molecule has 1 heterocycles. The smallest absolute Gasteiger partial charge is 0.233 e. The summed E-state index contributed by atoms with van der Waals surface area (Å²) in [5.41, 5.74) is 1.34. The number of carbonyl (C=O) groups is 1. The molecule has 0 aromatic heterocycles. The average Bonchev–Trinajstić information content (AvgIpc) is 2.94. The van der Waals surface area contributed by atoms with E-state index in [9.17, 15) is 4.79 Å². The molecule has 1 fully saturated rings. The zero-order valence-electron chi connectivity index (χ0n) is 12.5. The molecule has 0 unspecified atom stereocenters. The van der Waals surface area contributed by atoms with Crippen molar-refractivity contribution in [3.8, 4) is 0 Å². The number of hydrogen-bond acceptors (Lipinski definition) is 3. The second-order valence-corrected chi connectivity index (χ2v) is 6.63. The second-order valence-electron chi connectivity index (χ2n) is 5.45. The first kappa shape index (κ1) is 15.4. The molecule has 20 heavy (non-hydrogen) atoms. The largest absolute Gasteiger partial charge is 0.351 e. The third kappa shape index (κ3) is 3.76. The number of carbonyl (C=O) groups excluding carboxylic acids is 1. The number of nitrogens with zero attached hydrogens (tertiary/aromatic N) is 1. The van der Waals surface area contributed by atoms with Crippen molar-refractivity contribution in [2.75, 3.05) is 19.3 Å². The fourth-order valence-corrected chi connectivity index (χ4v) is 2.91. The minimum atomic E-state index is 0.0376. The molecular weight excluding hydrogens is 268 g/mol. The number of likely N-dealkylation sites (tertiary alicyclic amines) is 1. The van der Waals surface area contributed by atoms with Gasteiger partial charge in [0.05, 0.1) is 5.25 Å². The lowest BCUT2D eigenvalue weighted by atomic mass is 10.1. The van der Waals surface area contributed by atoms with Crippen molar-refractivity contribution in [2.24, 2.45) is 0 Å². The topological polar surface area (TPSA) is 32.3 Å². The normalized spacial score (nSPS) is 22.4. The third-order valence-corrected chi connectivity index (χ3v) is 5.04. The Kier molecular flexibility index (Phi) is 5.49. The molecule has 0 aliphatic carbocycles. The molecule has 0 spiro atoms. The van der Waals surface area contributed by atoms with Crippen molar-refractivity contribution in [3.63, 3.8) is 0 Å². The number of rotatable bonds is 5. The lowest BCUT2D eigenvalue weighted by Gasteiger charge is -2.25. The van der Waals surface area contributed by atoms with Gasteiger partial charge < -0.3 is 5.32 Å². The van der Waals surface area contributed by atoms with Gasteiger partial charge in [-0.2, -0.15) is 11.8 Å². The van der Waals surface area contributed by atoms with Crippen molar-refractivity contribution in [1.82, 2.24) is 10.2 Å². The van der Waals surface area contributed by atoms with Crippen LogP contribution in [0.5, 0.6) is 0 Å². The predicted molar refractivity (Wildman–Crippen MR) is 86.0 cm³/mol. The van der Waals surface area contributed by atoms with E-state index in [1.165, 1.54) is 5.56 Å². The summed E-state index contributed by atoms with van der Waals surface area (Å²) >= 11 is 1.59. The minimum absolute atomic E-state index is 0.0376.